The molecule has 0 bridgehead atoms. The Kier molecular flexibility index (Phi) is 6.62. The van der Waals surface area contributed by atoms with Crippen molar-refractivity contribution in [2.24, 2.45) is 13.0 Å². The molecule has 2 aliphatic rings. The first-order chi connectivity index (χ1) is 16.4. The van der Waals surface area contributed by atoms with Crippen LogP contribution >= 0.6 is 23.2 Å². The second kappa shape index (κ2) is 9.52. The number of halogens is 3. The number of hydrogen-bond donors (Lipinski definition) is 0. The zero-order chi connectivity index (χ0) is 24.0. The van der Waals surface area contributed by atoms with Crippen molar-refractivity contribution in [3.05, 3.63) is 68.6 Å². The summed E-state index contributed by atoms with van der Waals surface area (Å²) in [7, 11) is 3.42. The second-order valence-electron chi connectivity index (χ2n) is 9.65. The molecule has 1 saturated carbocycles. The van der Waals surface area contributed by atoms with Crippen molar-refractivity contribution >= 4 is 40.1 Å². The lowest BCUT2D eigenvalue weighted by Crippen LogP contribution is -2.36. The quantitative estimate of drug-likeness (QED) is 0.362. The summed E-state index contributed by atoms with van der Waals surface area (Å²) in [6.07, 6.45) is 4.38. The van der Waals surface area contributed by atoms with E-state index in [0.29, 0.717) is 34.3 Å². The van der Waals surface area contributed by atoms with E-state index in [0.717, 1.165) is 66.7 Å². The molecule has 5 rings (SSSR count). The summed E-state index contributed by atoms with van der Waals surface area (Å²) >= 11 is 13.5. The average Bonchev–Trinajstić information content (AvgIpc) is 3.64. The molecule has 3 aromatic rings. The number of benzene rings is 2. The summed E-state index contributed by atoms with van der Waals surface area (Å²) in [5, 5.41) is 1.91. The zero-order valence-electron chi connectivity index (χ0n) is 19.5. The van der Waals surface area contributed by atoms with E-state index < -0.39 is 0 Å². The molecule has 1 aromatic heterocycles. The fraction of sp³-hybridized carbons (Fsp3) is 0.444. The largest absolute Gasteiger partial charge is 0.469 e. The predicted molar refractivity (Wildman–Crippen MR) is 134 cm³/mol. The minimum Gasteiger partial charge on any atom is -0.469 e. The maximum atomic E-state index is 14.9. The molecular formula is C27H29Cl2FN2O2. The number of aryl methyl sites for hydroxylation is 1. The highest BCUT2D eigenvalue weighted by Crippen LogP contribution is 2.42. The Bertz CT molecular complexity index is 1240. The summed E-state index contributed by atoms with van der Waals surface area (Å²) < 4.78 is 21.8. The van der Waals surface area contributed by atoms with Gasteiger partial charge in [0.25, 0.3) is 0 Å². The van der Waals surface area contributed by atoms with E-state index in [1.165, 1.54) is 7.11 Å². The van der Waals surface area contributed by atoms with Gasteiger partial charge in [-0.3, -0.25) is 9.69 Å². The van der Waals surface area contributed by atoms with E-state index in [9.17, 15) is 9.18 Å². The molecular weight excluding hydrogens is 474 g/mol. The van der Waals surface area contributed by atoms with Crippen molar-refractivity contribution in [2.75, 3.05) is 20.2 Å². The highest BCUT2D eigenvalue weighted by Gasteiger charge is 2.27. The number of likely N-dealkylation sites (tertiary alicyclic amines) is 1. The maximum Gasteiger partial charge on any atom is 0.308 e. The predicted octanol–water partition coefficient (Wildman–Crippen LogP) is 6.48. The van der Waals surface area contributed by atoms with E-state index in [4.69, 9.17) is 27.9 Å². The Morgan fingerprint density at radius 3 is 2.53 bits per heavy atom. The molecule has 7 heteroatoms. The van der Waals surface area contributed by atoms with E-state index in [2.05, 4.69) is 15.5 Å². The van der Waals surface area contributed by atoms with Gasteiger partial charge in [-0.15, -0.1) is 0 Å². The van der Waals surface area contributed by atoms with Crippen molar-refractivity contribution in [2.45, 2.75) is 44.6 Å². The van der Waals surface area contributed by atoms with Crippen molar-refractivity contribution in [1.82, 2.24) is 9.47 Å². The van der Waals surface area contributed by atoms with Gasteiger partial charge in [0.15, 0.2) is 0 Å². The van der Waals surface area contributed by atoms with Crippen LogP contribution in [0.15, 0.2) is 30.3 Å². The third-order valence-electron chi connectivity index (χ3n) is 7.42. The standard InChI is InChI=1S/C27H29Cl2FN2O2/c1-31-20(14-22-24(30)11-19(12-25(22)31)16-3-4-16)13-21-23(28)6-5-18(26(21)29)15-32-9-7-17(8-10-32)27(33)34-2/h5-6,11-12,14,16-17H,3-4,7-10,13,15H2,1-2H3. The molecule has 34 heavy (non-hydrogen) atoms. The number of fused-ring (bicyclic) bond motifs is 1. The number of nitrogens with zero attached hydrogens (tertiary/aromatic N) is 2. The lowest BCUT2D eigenvalue weighted by molar-refractivity contribution is -0.147. The molecule has 0 unspecified atom stereocenters. The van der Waals surface area contributed by atoms with Gasteiger partial charge in [0.05, 0.1) is 23.6 Å². The number of rotatable bonds is 6. The van der Waals surface area contributed by atoms with Gasteiger partial charge in [-0.05, 0) is 85.6 Å². The van der Waals surface area contributed by atoms with E-state index in [1.807, 2.05) is 25.2 Å². The number of carbonyl (C=O) groups is 1. The van der Waals surface area contributed by atoms with Crippen LogP contribution in [0.2, 0.25) is 10.0 Å². The molecule has 4 nitrogen and oxygen atoms in total. The third kappa shape index (κ3) is 4.58. The SMILES string of the molecule is COC(=O)C1CCN(Cc2ccc(Cl)c(Cc3cc4c(F)cc(C5CC5)cc4n3C)c2Cl)CC1. The normalized spacial score (nSPS) is 17.4. The molecule has 2 fully saturated rings. The molecule has 0 spiro atoms. The van der Waals surface area contributed by atoms with Gasteiger partial charge in [0.2, 0.25) is 0 Å². The molecule has 0 atom stereocenters. The molecule has 2 aromatic carbocycles. The summed E-state index contributed by atoms with van der Waals surface area (Å²) in [5.74, 6) is 0.185. The minimum absolute atomic E-state index is 0.0233. The first-order valence-corrected chi connectivity index (χ1v) is 12.6. The second-order valence-corrected chi connectivity index (χ2v) is 10.4. The molecule has 1 aliphatic heterocycles. The number of methoxy groups -OCH3 is 1. The van der Waals surface area contributed by atoms with Gasteiger partial charge in [0, 0.05) is 36.1 Å². The lowest BCUT2D eigenvalue weighted by Gasteiger charge is -2.31. The van der Waals surface area contributed by atoms with Crippen molar-refractivity contribution in [3.8, 4) is 0 Å². The van der Waals surface area contributed by atoms with Crippen molar-refractivity contribution in [1.29, 1.82) is 0 Å². The van der Waals surface area contributed by atoms with Crippen LogP contribution in [0.3, 0.4) is 0 Å². The summed E-state index contributed by atoms with van der Waals surface area (Å²) in [5.41, 5.74) is 4.85. The molecule has 180 valence electrons. The van der Waals surface area contributed by atoms with E-state index in [1.54, 1.807) is 6.07 Å². The summed E-state index contributed by atoms with van der Waals surface area (Å²) in [4.78, 5) is 14.1. The fourth-order valence-corrected chi connectivity index (χ4v) is 5.69. The van der Waals surface area contributed by atoms with Crippen LogP contribution in [-0.4, -0.2) is 35.6 Å². The smallest absolute Gasteiger partial charge is 0.308 e. The topological polar surface area (TPSA) is 34.5 Å². The van der Waals surface area contributed by atoms with Gasteiger partial charge in [-0.2, -0.15) is 0 Å². The Morgan fingerprint density at radius 1 is 1.12 bits per heavy atom. The number of ether oxygens (including phenoxy) is 1. The van der Waals surface area contributed by atoms with Crippen LogP contribution in [0.1, 0.15) is 54.0 Å². The van der Waals surface area contributed by atoms with Crippen LogP contribution in [0.5, 0.6) is 0 Å². The number of aromatic nitrogens is 1. The molecule has 1 aliphatic carbocycles. The zero-order valence-corrected chi connectivity index (χ0v) is 21.1. The lowest BCUT2D eigenvalue weighted by atomic mass is 9.96. The van der Waals surface area contributed by atoms with Crippen LogP contribution in [0.4, 0.5) is 4.39 Å². The van der Waals surface area contributed by atoms with Gasteiger partial charge in [-0.1, -0.05) is 29.3 Å². The van der Waals surface area contributed by atoms with Gasteiger partial charge < -0.3 is 9.30 Å². The fourth-order valence-electron chi connectivity index (χ4n) is 5.13. The molecule has 2 heterocycles. The number of hydrogen-bond acceptors (Lipinski definition) is 3. The number of piperidine rings is 1. The monoisotopic (exact) mass is 502 g/mol. The average molecular weight is 503 g/mol. The Labute approximate surface area is 209 Å². The number of carbonyl (C=O) groups excluding carboxylic acids is 1. The maximum absolute atomic E-state index is 14.9. The Morgan fingerprint density at radius 2 is 1.85 bits per heavy atom. The third-order valence-corrected chi connectivity index (χ3v) is 8.25. The van der Waals surface area contributed by atoms with E-state index >= 15 is 0 Å². The highest BCUT2D eigenvalue weighted by atomic mass is 35.5. The van der Waals surface area contributed by atoms with Gasteiger partial charge in [0.1, 0.15) is 5.82 Å². The minimum atomic E-state index is -0.164. The number of esters is 1. The molecule has 0 amide bonds. The van der Waals surface area contributed by atoms with Crippen LogP contribution < -0.4 is 0 Å². The summed E-state index contributed by atoms with van der Waals surface area (Å²) in [6, 6.07) is 9.60. The van der Waals surface area contributed by atoms with Crippen LogP contribution in [-0.2, 0) is 29.5 Å². The van der Waals surface area contributed by atoms with Crippen LogP contribution in [0, 0.1) is 11.7 Å². The molecule has 0 radical (unpaired) electrons. The Balaban J connectivity index is 1.37. The summed E-state index contributed by atoms with van der Waals surface area (Å²) in [6.45, 7) is 2.34. The molecule has 1 saturated heterocycles. The van der Waals surface area contributed by atoms with Gasteiger partial charge in [-0.25, -0.2) is 4.39 Å². The Hall–Kier alpha value is -2.08. The van der Waals surface area contributed by atoms with Crippen molar-refractivity contribution in [3.63, 3.8) is 0 Å². The first-order valence-electron chi connectivity index (χ1n) is 11.9. The molecule has 0 N–H and O–H groups in total. The highest BCUT2D eigenvalue weighted by molar-refractivity contribution is 6.36. The first kappa shape index (κ1) is 23.7. The van der Waals surface area contributed by atoms with Gasteiger partial charge >= 0.3 is 5.97 Å². The van der Waals surface area contributed by atoms with E-state index in [-0.39, 0.29) is 17.7 Å². The van der Waals surface area contributed by atoms with Crippen LogP contribution in [0.25, 0.3) is 10.9 Å². The van der Waals surface area contributed by atoms with Crippen molar-refractivity contribution < 1.29 is 13.9 Å².